The first kappa shape index (κ1) is 19.5. The van der Waals surface area contributed by atoms with Crippen molar-refractivity contribution >= 4 is 29.3 Å². The van der Waals surface area contributed by atoms with E-state index in [2.05, 4.69) is 27.6 Å². The van der Waals surface area contributed by atoms with E-state index in [9.17, 15) is 4.79 Å². The fraction of sp³-hybridized carbons (Fsp3) is 0.250. The number of thioether (sulfide) groups is 1. The van der Waals surface area contributed by atoms with E-state index in [-0.39, 0.29) is 17.7 Å². The first-order valence-electron chi connectivity index (χ1n) is 8.69. The molecule has 3 rings (SSSR count). The van der Waals surface area contributed by atoms with Crippen LogP contribution in [-0.2, 0) is 11.2 Å². The summed E-state index contributed by atoms with van der Waals surface area (Å²) in [5.74, 6) is 1.08. The molecule has 1 amide bonds. The minimum absolute atomic E-state index is 0.0229. The normalized spacial score (nSPS) is 11.0. The van der Waals surface area contributed by atoms with Gasteiger partial charge in [0, 0.05) is 23.2 Å². The van der Waals surface area contributed by atoms with Crippen LogP contribution in [0.15, 0.2) is 59.8 Å². The minimum Gasteiger partial charge on any atom is -0.353 e. The highest BCUT2D eigenvalue weighted by molar-refractivity contribution is 7.99. The first-order valence-corrected chi connectivity index (χ1v) is 10.1. The van der Waals surface area contributed by atoms with Crippen molar-refractivity contribution in [2.45, 2.75) is 31.5 Å². The molecule has 140 valence electrons. The van der Waals surface area contributed by atoms with Gasteiger partial charge in [0.25, 0.3) is 0 Å². The van der Waals surface area contributed by atoms with E-state index in [1.165, 1.54) is 11.8 Å². The molecule has 27 heavy (non-hydrogen) atoms. The van der Waals surface area contributed by atoms with Crippen molar-refractivity contribution in [1.29, 1.82) is 0 Å². The highest BCUT2D eigenvalue weighted by Crippen LogP contribution is 2.24. The topological polar surface area (TPSA) is 59.8 Å². The molecule has 3 aromatic rings. The van der Waals surface area contributed by atoms with Crippen LogP contribution in [0.5, 0.6) is 0 Å². The van der Waals surface area contributed by atoms with E-state index < -0.39 is 0 Å². The molecule has 1 N–H and O–H groups in total. The van der Waals surface area contributed by atoms with Crippen LogP contribution in [0.1, 0.15) is 25.2 Å². The molecule has 1 aromatic heterocycles. The first-order chi connectivity index (χ1) is 13.0. The summed E-state index contributed by atoms with van der Waals surface area (Å²) < 4.78 is 1.98. The number of carbonyl (C=O) groups is 1. The van der Waals surface area contributed by atoms with E-state index in [0.717, 1.165) is 17.1 Å². The lowest BCUT2D eigenvalue weighted by atomic mass is 10.1. The summed E-state index contributed by atoms with van der Waals surface area (Å²) in [6, 6.07) is 17.8. The number of carbonyl (C=O) groups excluding carboxylic acids is 1. The van der Waals surface area contributed by atoms with Crippen LogP contribution in [0.3, 0.4) is 0 Å². The van der Waals surface area contributed by atoms with E-state index in [0.29, 0.717) is 16.6 Å². The maximum Gasteiger partial charge on any atom is 0.230 e. The summed E-state index contributed by atoms with van der Waals surface area (Å²) in [5.41, 5.74) is 2.07. The highest BCUT2D eigenvalue weighted by Gasteiger charge is 2.16. The van der Waals surface area contributed by atoms with Gasteiger partial charge in [0.2, 0.25) is 5.91 Å². The van der Waals surface area contributed by atoms with Gasteiger partial charge >= 0.3 is 0 Å². The van der Waals surface area contributed by atoms with Crippen LogP contribution in [0, 0.1) is 0 Å². The van der Waals surface area contributed by atoms with Gasteiger partial charge in [-0.2, -0.15) is 0 Å². The SMILES string of the molecule is CC(C)NC(=O)CSc1nnc(Cc2ccccc2)n1-c1ccc(Cl)cc1. The van der Waals surface area contributed by atoms with Gasteiger partial charge < -0.3 is 5.32 Å². The Morgan fingerprint density at radius 2 is 1.81 bits per heavy atom. The van der Waals surface area contributed by atoms with E-state index >= 15 is 0 Å². The van der Waals surface area contributed by atoms with Crippen molar-refractivity contribution in [2.24, 2.45) is 0 Å². The van der Waals surface area contributed by atoms with Gasteiger partial charge in [-0.05, 0) is 43.7 Å². The van der Waals surface area contributed by atoms with Gasteiger partial charge in [0.05, 0.1) is 5.75 Å². The smallest absolute Gasteiger partial charge is 0.230 e. The standard InChI is InChI=1S/C20H21ClN4OS/c1-14(2)22-19(26)13-27-20-24-23-18(12-15-6-4-3-5-7-15)25(20)17-10-8-16(21)9-11-17/h3-11,14H,12-13H2,1-2H3,(H,22,26). The summed E-state index contributed by atoms with van der Waals surface area (Å²) in [5, 5.41) is 12.9. The number of hydrogen-bond donors (Lipinski definition) is 1. The Labute approximate surface area is 168 Å². The third-order valence-electron chi connectivity index (χ3n) is 3.77. The molecule has 0 spiro atoms. The number of hydrogen-bond acceptors (Lipinski definition) is 4. The van der Waals surface area contributed by atoms with Crippen molar-refractivity contribution in [3.05, 3.63) is 71.0 Å². The van der Waals surface area contributed by atoms with Gasteiger partial charge in [-0.25, -0.2) is 0 Å². The lowest BCUT2D eigenvalue weighted by Crippen LogP contribution is -2.31. The molecule has 0 aliphatic carbocycles. The Kier molecular flexibility index (Phi) is 6.53. The fourth-order valence-electron chi connectivity index (χ4n) is 2.63. The van der Waals surface area contributed by atoms with Crippen LogP contribution in [0.4, 0.5) is 0 Å². The third-order valence-corrected chi connectivity index (χ3v) is 4.95. The predicted molar refractivity (Wildman–Crippen MR) is 110 cm³/mol. The molecular weight excluding hydrogens is 380 g/mol. The fourth-order valence-corrected chi connectivity index (χ4v) is 3.54. The van der Waals surface area contributed by atoms with Crippen molar-refractivity contribution in [3.8, 4) is 5.69 Å². The number of rotatable bonds is 7. The molecule has 0 atom stereocenters. The molecule has 0 bridgehead atoms. The average molecular weight is 401 g/mol. The van der Waals surface area contributed by atoms with Crippen LogP contribution in [0.25, 0.3) is 5.69 Å². The third kappa shape index (κ3) is 5.34. The average Bonchev–Trinajstić information content (AvgIpc) is 3.03. The van der Waals surface area contributed by atoms with Crippen molar-refractivity contribution in [3.63, 3.8) is 0 Å². The summed E-state index contributed by atoms with van der Waals surface area (Å²) in [6.07, 6.45) is 0.648. The molecule has 7 heteroatoms. The lowest BCUT2D eigenvalue weighted by Gasteiger charge is -2.11. The molecule has 0 fully saturated rings. The van der Waals surface area contributed by atoms with Gasteiger partial charge in [-0.15, -0.1) is 10.2 Å². The molecule has 0 aliphatic heterocycles. The quantitative estimate of drug-likeness (QED) is 0.606. The number of amides is 1. The zero-order chi connectivity index (χ0) is 19.2. The lowest BCUT2D eigenvalue weighted by molar-refractivity contribution is -0.119. The Morgan fingerprint density at radius 1 is 1.11 bits per heavy atom. The number of benzene rings is 2. The highest BCUT2D eigenvalue weighted by atomic mass is 35.5. The monoisotopic (exact) mass is 400 g/mol. The Hall–Kier alpha value is -2.31. The number of aromatic nitrogens is 3. The van der Waals surface area contributed by atoms with Crippen LogP contribution >= 0.6 is 23.4 Å². The molecule has 1 heterocycles. The summed E-state index contributed by atoms with van der Waals surface area (Å²) >= 11 is 7.41. The van der Waals surface area contributed by atoms with Crippen LogP contribution in [0.2, 0.25) is 5.02 Å². The van der Waals surface area contributed by atoms with Crippen molar-refractivity contribution in [1.82, 2.24) is 20.1 Å². The molecule has 0 unspecified atom stereocenters. The minimum atomic E-state index is -0.0229. The maximum atomic E-state index is 12.0. The molecule has 2 aromatic carbocycles. The molecule has 0 aliphatic rings. The predicted octanol–water partition coefficient (Wildman–Crippen LogP) is 4.13. The summed E-state index contributed by atoms with van der Waals surface area (Å²) in [7, 11) is 0. The van der Waals surface area contributed by atoms with Crippen LogP contribution in [-0.4, -0.2) is 32.5 Å². The number of halogens is 1. The van der Waals surface area contributed by atoms with Crippen molar-refractivity contribution < 1.29 is 4.79 Å². The Bertz CT molecular complexity index is 894. The van der Waals surface area contributed by atoms with Gasteiger partial charge in [-0.3, -0.25) is 9.36 Å². The molecule has 0 radical (unpaired) electrons. The second-order valence-corrected chi connectivity index (χ2v) is 7.76. The van der Waals surface area contributed by atoms with E-state index in [1.54, 1.807) is 0 Å². The largest absolute Gasteiger partial charge is 0.353 e. The molecular formula is C20H21ClN4OS. The van der Waals surface area contributed by atoms with E-state index in [4.69, 9.17) is 11.6 Å². The van der Waals surface area contributed by atoms with Crippen molar-refractivity contribution in [2.75, 3.05) is 5.75 Å². The molecule has 5 nitrogen and oxygen atoms in total. The van der Waals surface area contributed by atoms with Gasteiger partial charge in [0.15, 0.2) is 5.16 Å². The zero-order valence-electron chi connectivity index (χ0n) is 15.2. The number of nitrogens with one attached hydrogen (secondary N) is 1. The van der Waals surface area contributed by atoms with Crippen LogP contribution < -0.4 is 5.32 Å². The number of nitrogens with zero attached hydrogens (tertiary/aromatic N) is 3. The van der Waals surface area contributed by atoms with Gasteiger partial charge in [0.1, 0.15) is 5.82 Å². The van der Waals surface area contributed by atoms with Gasteiger partial charge in [-0.1, -0.05) is 53.7 Å². The summed E-state index contributed by atoms with van der Waals surface area (Å²) in [4.78, 5) is 12.0. The molecule has 0 saturated carbocycles. The van der Waals surface area contributed by atoms with E-state index in [1.807, 2.05) is 60.9 Å². The Balaban J connectivity index is 1.88. The molecule has 0 saturated heterocycles. The summed E-state index contributed by atoms with van der Waals surface area (Å²) in [6.45, 7) is 3.88. The maximum absolute atomic E-state index is 12.0. The second-order valence-electron chi connectivity index (χ2n) is 6.38. The Morgan fingerprint density at radius 3 is 2.48 bits per heavy atom. The second kappa shape index (κ2) is 9.06. The zero-order valence-corrected chi connectivity index (χ0v) is 16.8.